The molecule has 3 unspecified atom stereocenters. The number of amides is 1. The van der Waals surface area contributed by atoms with Gasteiger partial charge in [-0.05, 0) is 30.9 Å². The Hall–Kier alpha value is -1.59. The van der Waals surface area contributed by atoms with Crippen molar-refractivity contribution in [2.75, 3.05) is 6.54 Å². The molecule has 3 atom stereocenters. The van der Waals surface area contributed by atoms with Crippen molar-refractivity contribution in [2.45, 2.75) is 50.9 Å². The lowest BCUT2D eigenvalue weighted by atomic mass is 9.97. The fourth-order valence-electron chi connectivity index (χ4n) is 3.71. The van der Waals surface area contributed by atoms with Crippen LogP contribution in [0.25, 0.3) is 0 Å². The number of carbonyl (C=O) groups excluding carboxylic acids is 1. The first-order chi connectivity index (χ1) is 12.6. The van der Waals surface area contributed by atoms with Gasteiger partial charge in [0.05, 0.1) is 0 Å². The van der Waals surface area contributed by atoms with Crippen LogP contribution in [0.5, 0.6) is 0 Å². The molecule has 6 heteroatoms. The van der Waals surface area contributed by atoms with Crippen LogP contribution in [0.3, 0.4) is 0 Å². The van der Waals surface area contributed by atoms with E-state index >= 15 is 0 Å². The highest BCUT2D eigenvalue weighted by atomic mass is 35.5. The second-order valence-corrected chi connectivity index (χ2v) is 7.32. The van der Waals surface area contributed by atoms with Gasteiger partial charge in [0.2, 0.25) is 5.91 Å². The molecule has 0 aliphatic carbocycles. The Kier molecular flexibility index (Phi) is 10.5. The van der Waals surface area contributed by atoms with Gasteiger partial charge >= 0.3 is 0 Å². The van der Waals surface area contributed by atoms with Crippen LogP contribution in [-0.2, 0) is 11.3 Å². The molecule has 2 aromatic carbocycles. The molecular weight excluding hydrogens is 393 g/mol. The quantitative estimate of drug-likeness (QED) is 0.735. The number of carbonyl (C=O) groups is 1. The van der Waals surface area contributed by atoms with E-state index in [1.54, 1.807) is 0 Å². The van der Waals surface area contributed by atoms with Crippen molar-refractivity contribution in [1.29, 1.82) is 0 Å². The number of benzene rings is 2. The highest BCUT2D eigenvalue weighted by Gasteiger charge is 2.26. The Labute approximate surface area is 180 Å². The zero-order valence-electron chi connectivity index (χ0n) is 16.3. The third kappa shape index (κ3) is 7.10. The summed E-state index contributed by atoms with van der Waals surface area (Å²) in [4.78, 5) is 14.9. The number of nitrogens with two attached hydrogens (primary N) is 1. The molecule has 0 spiro atoms. The van der Waals surface area contributed by atoms with Crippen molar-refractivity contribution < 1.29 is 4.79 Å². The van der Waals surface area contributed by atoms with E-state index in [2.05, 4.69) is 47.5 Å². The number of nitrogens with one attached hydrogen (secondary N) is 1. The van der Waals surface area contributed by atoms with Crippen molar-refractivity contribution in [3.05, 3.63) is 71.8 Å². The predicted molar refractivity (Wildman–Crippen MR) is 120 cm³/mol. The van der Waals surface area contributed by atoms with Crippen LogP contribution in [0.4, 0.5) is 0 Å². The first kappa shape index (κ1) is 24.4. The first-order valence-electron chi connectivity index (χ1n) is 9.49. The summed E-state index contributed by atoms with van der Waals surface area (Å²) in [5.74, 6) is 0.0510. The van der Waals surface area contributed by atoms with E-state index in [4.69, 9.17) is 5.73 Å². The van der Waals surface area contributed by atoms with Crippen LogP contribution in [-0.4, -0.2) is 29.4 Å². The van der Waals surface area contributed by atoms with Gasteiger partial charge in [-0.3, -0.25) is 9.69 Å². The van der Waals surface area contributed by atoms with E-state index in [9.17, 15) is 4.79 Å². The molecule has 3 rings (SSSR count). The zero-order chi connectivity index (χ0) is 18.4. The average Bonchev–Trinajstić information content (AvgIpc) is 2.65. The molecule has 28 heavy (non-hydrogen) atoms. The van der Waals surface area contributed by atoms with Crippen LogP contribution < -0.4 is 11.1 Å². The van der Waals surface area contributed by atoms with Crippen LogP contribution in [0.2, 0.25) is 0 Å². The molecule has 1 aliphatic heterocycles. The van der Waals surface area contributed by atoms with Crippen LogP contribution in [0.15, 0.2) is 60.7 Å². The summed E-state index contributed by atoms with van der Waals surface area (Å²) >= 11 is 0. The number of piperidine rings is 1. The molecule has 2 aromatic rings. The van der Waals surface area contributed by atoms with E-state index in [0.29, 0.717) is 12.5 Å². The summed E-state index contributed by atoms with van der Waals surface area (Å²) in [6.07, 6.45) is 2.31. The minimum Gasteiger partial charge on any atom is -0.353 e. The molecule has 1 saturated heterocycles. The molecule has 154 valence electrons. The Bertz CT molecular complexity index is 699. The topological polar surface area (TPSA) is 58.4 Å². The number of rotatable bonds is 6. The number of halogens is 2. The zero-order valence-corrected chi connectivity index (χ0v) is 17.9. The summed E-state index contributed by atoms with van der Waals surface area (Å²) in [5, 5.41) is 3.19. The molecular formula is C22H31Cl2N3O. The van der Waals surface area contributed by atoms with Crippen LogP contribution in [0, 0.1) is 0 Å². The van der Waals surface area contributed by atoms with E-state index in [-0.39, 0.29) is 42.8 Å². The molecule has 1 heterocycles. The van der Waals surface area contributed by atoms with Gasteiger partial charge in [-0.25, -0.2) is 0 Å². The fourth-order valence-corrected chi connectivity index (χ4v) is 3.71. The van der Waals surface area contributed by atoms with Crippen molar-refractivity contribution >= 4 is 30.7 Å². The Morgan fingerprint density at radius 2 is 1.71 bits per heavy atom. The van der Waals surface area contributed by atoms with Crippen molar-refractivity contribution in [3.8, 4) is 0 Å². The van der Waals surface area contributed by atoms with Gasteiger partial charge in [-0.15, -0.1) is 24.8 Å². The van der Waals surface area contributed by atoms with Crippen LogP contribution >= 0.6 is 24.8 Å². The minimum atomic E-state index is -0.244. The third-order valence-electron chi connectivity index (χ3n) is 5.24. The number of nitrogens with zero attached hydrogens (tertiary/aromatic N) is 1. The summed E-state index contributed by atoms with van der Waals surface area (Å²) in [6.45, 7) is 4.23. The predicted octanol–water partition coefficient (Wildman–Crippen LogP) is 4.09. The second kappa shape index (κ2) is 12.1. The SMILES string of the molecule is CC1CC(NC(=O)CC(N)c2ccccc2)CCN1Cc1ccccc1.Cl.Cl. The molecule has 1 amide bonds. The maximum Gasteiger partial charge on any atom is 0.222 e. The average molecular weight is 424 g/mol. The summed E-state index contributed by atoms with van der Waals surface area (Å²) in [7, 11) is 0. The molecule has 0 saturated carbocycles. The fraction of sp³-hybridized carbons (Fsp3) is 0.409. The highest BCUT2D eigenvalue weighted by molar-refractivity contribution is 5.85. The van der Waals surface area contributed by atoms with Gasteiger partial charge in [0.1, 0.15) is 0 Å². The van der Waals surface area contributed by atoms with Crippen molar-refractivity contribution in [2.24, 2.45) is 5.73 Å². The molecule has 4 nitrogen and oxygen atoms in total. The molecule has 1 fully saturated rings. The van der Waals surface area contributed by atoms with Gasteiger partial charge in [0.15, 0.2) is 0 Å². The third-order valence-corrected chi connectivity index (χ3v) is 5.24. The molecule has 0 aromatic heterocycles. The Morgan fingerprint density at radius 1 is 1.11 bits per heavy atom. The maximum atomic E-state index is 12.4. The minimum absolute atomic E-state index is 0. The van der Waals surface area contributed by atoms with Crippen LogP contribution in [0.1, 0.15) is 43.4 Å². The summed E-state index contributed by atoms with van der Waals surface area (Å²) in [5.41, 5.74) is 8.52. The largest absolute Gasteiger partial charge is 0.353 e. The lowest BCUT2D eigenvalue weighted by molar-refractivity contribution is -0.122. The Morgan fingerprint density at radius 3 is 2.32 bits per heavy atom. The lowest BCUT2D eigenvalue weighted by Crippen LogP contribution is -2.48. The molecule has 0 radical (unpaired) electrons. The molecule has 3 N–H and O–H groups in total. The van der Waals surface area contributed by atoms with E-state index in [1.165, 1.54) is 5.56 Å². The first-order valence-corrected chi connectivity index (χ1v) is 9.49. The van der Waals surface area contributed by atoms with E-state index < -0.39 is 0 Å². The van der Waals surface area contributed by atoms with Crippen molar-refractivity contribution in [1.82, 2.24) is 10.2 Å². The van der Waals surface area contributed by atoms with Crippen molar-refractivity contribution in [3.63, 3.8) is 0 Å². The van der Waals surface area contributed by atoms with Gasteiger partial charge < -0.3 is 11.1 Å². The summed E-state index contributed by atoms with van der Waals surface area (Å²) in [6, 6.07) is 20.8. The van der Waals surface area contributed by atoms with E-state index in [0.717, 1.165) is 31.5 Å². The standard InChI is InChI=1S/C22H29N3O.2ClH/c1-17-14-20(12-13-25(17)16-18-8-4-2-5-9-18)24-22(26)15-21(23)19-10-6-3-7-11-19;;/h2-11,17,20-21H,12-16,23H2,1H3,(H,24,26);2*1H. The monoisotopic (exact) mass is 423 g/mol. The maximum absolute atomic E-state index is 12.4. The molecule has 1 aliphatic rings. The van der Waals surface area contributed by atoms with Gasteiger partial charge in [-0.1, -0.05) is 60.7 Å². The second-order valence-electron chi connectivity index (χ2n) is 7.32. The number of hydrogen-bond donors (Lipinski definition) is 2. The normalized spacial score (nSPS) is 20.4. The summed E-state index contributed by atoms with van der Waals surface area (Å²) < 4.78 is 0. The number of likely N-dealkylation sites (tertiary alicyclic amines) is 1. The van der Waals surface area contributed by atoms with E-state index in [1.807, 2.05) is 30.3 Å². The Balaban J connectivity index is 0.00000196. The lowest BCUT2D eigenvalue weighted by Gasteiger charge is -2.38. The van der Waals surface area contributed by atoms with Gasteiger partial charge in [0.25, 0.3) is 0 Å². The smallest absolute Gasteiger partial charge is 0.222 e. The highest BCUT2D eigenvalue weighted by Crippen LogP contribution is 2.20. The van der Waals surface area contributed by atoms with Gasteiger partial charge in [-0.2, -0.15) is 0 Å². The number of hydrogen-bond acceptors (Lipinski definition) is 3. The van der Waals surface area contributed by atoms with Gasteiger partial charge in [0, 0.05) is 37.6 Å². The molecule has 0 bridgehead atoms.